The SMILES string of the molecule is N#C[C@H]1C(=O)Nc2nc(N3CCOCC3)[nH]c(=O)c2[C@@H]1c1ccccc1. The van der Waals surface area contributed by atoms with Crippen LogP contribution in [0.15, 0.2) is 35.1 Å². The van der Waals surface area contributed by atoms with E-state index in [1.807, 2.05) is 41.3 Å². The Bertz CT molecular complexity index is 928. The van der Waals surface area contributed by atoms with Crippen molar-refractivity contribution >= 4 is 17.7 Å². The van der Waals surface area contributed by atoms with Gasteiger partial charge in [-0.25, -0.2) is 0 Å². The van der Waals surface area contributed by atoms with Crippen molar-refractivity contribution in [3.8, 4) is 6.07 Å². The van der Waals surface area contributed by atoms with E-state index in [0.29, 0.717) is 37.8 Å². The molecule has 1 aromatic heterocycles. The van der Waals surface area contributed by atoms with E-state index in [0.717, 1.165) is 5.56 Å². The van der Waals surface area contributed by atoms with Crippen LogP contribution in [0.1, 0.15) is 17.0 Å². The van der Waals surface area contributed by atoms with Crippen LogP contribution in [-0.2, 0) is 9.53 Å². The third-order valence-electron chi connectivity index (χ3n) is 4.72. The molecule has 4 rings (SSSR count). The number of morpholine rings is 1. The van der Waals surface area contributed by atoms with E-state index >= 15 is 0 Å². The van der Waals surface area contributed by atoms with Crippen LogP contribution in [0.25, 0.3) is 0 Å². The number of rotatable bonds is 2. The fourth-order valence-corrected chi connectivity index (χ4v) is 3.44. The fourth-order valence-electron chi connectivity index (χ4n) is 3.44. The monoisotopic (exact) mass is 351 g/mol. The zero-order chi connectivity index (χ0) is 18.1. The molecule has 1 saturated heterocycles. The number of aromatic nitrogens is 2. The van der Waals surface area contributed by atoms with Crippen molar-refractivity contribution in [1.82, 2.24) is 9.97 Å². The van der Waals surface area contributed by atoms with Crippen molar-refractivity contribution in [2.45, 2.75) is 5.92 Å². The van der Waals surface area contributed by atoms with E-state index in [1.54, 1.807) is 0 Å². The van der Waals surface area contributed by atoms with Crippen LogP contribution < -0.4 is 15.8 Å². The number of nitrogens with one attached hydrogen (secondary N) is 2. The first-order chi connectivity index (χ1) is 12.7. The average molecular weight is 351 g/mol. The molecule has 1 aromatic carbocycles. The Kier molecular flexibility index (Phi) is 4.14. The van der Waals surface area contributed by atoms with Gasteiger partial charge in [-0.05, 0) is 5.56 Å². The van der Waals surface area contributed by atoms with Crippen LogP contribution in [-0.4, -0.2) is 42.2 Å². The van der Waals surface area contributed by atoms with Crippen LogP contribution in [0.5, 0.6) is 0 Å². The maximum atomic E-state index is 12.9. The second kappa shape index (κ2) is 6.61. The lowest BCUT2D eigenvalue weighted by Gasteiger charge is -2.31. The summed E-state index contributed by atoms with van der Waals surface area (Å²) in [6, 6.07) is 11.1. The van der Waals surface area contributed by atoms with Gasteiger partial charge >= 0.3 is 0 Å². The maximum Gasteiger partial charge on any atom is 0.258 e. The number of carbonyl (C=O) groups excluding carboxylic acids is 1. The van der Waals surface area contributed by atoms with Crippen molar-refractivity contribution in [1.29, 1.82) is 5.26 Å². The molecule has 2 atom stereocenters. The highest BCUT2D eigenvalue weighted by Gasteiger charge is 2.40. The summed E-state index contributed by atoms with van der Waals surface area (Å²) in [5.41, 5.74) is 0.714. The van der Waals surface area contributed by atoms with E-state index < -0.39 is 17.7 Å². The molecule has 0 unspecified atom stereocenters. The van der Waals surface area contributed by atoms with E-state index in [4.69, 9.17) is 4.74 Å². The lowest BCUT2D eigenvalue weighted by Crippen LogP contribution is -2.41. The first kappa shape index (κ1) is 16.3. The van der Waals surface area contributed by atoms with Gasteiger partial charge in [-0.1, -0.05) is 30.3 Å². The number of benzene rings is 1. The zero-order valence-electron chi connectivity index (χ0n) is 13.9. The van der Waals surface area contributed by atoms with Crippen molar-refractivity contribution in [2.75, 3.05) is 36.5 Å². The first-order valence-electron chi connectivity index (χ1n) is 8.41. The van der Waals surface area contributed by atoms with Gasteiger partial charge in [0, 0.05) is 19.0 Å². The van der Waals surface area contributed by atoms with Gasteiger partial charge in [0.05, 0.1) is 24.8 Å². The number of H-pyrrole nitrogens is 1. The predicted molar refractivity (Wildman–Crippen MR) is 93.9 cm³/mol. The molecule has 1 amide bonds. The Hall–Kier alpha value is -3.18. The second-order valence-corrected chi connectivity index (χ2v) is 6.24. The summed E-state index contributed by atoms with van der Waals surface area (Å²) in [4.78, 5) is 34.5. The summed E-state index contributed by atoms with van der Waals surface area (Å²) in [5, 5.41) is 12.1. The minimum Gasteiger partial charge on any atom is -0.378 e. The molecular formula is C18H17N5O3. The van der Waals surface area contributed by atoms with Gasteiger partial charge in [0.2, 0.25) is 11.9 Å². The second-order valence-electron chi connectivity index (χ2n) is 6.24. The minimum atomic E-state index is -0.984. The van der Waals surface area contributed by atoms with Crippen LogP contribution in [0.2, 0.25) is 0 Å². The number of nitrogens with zero attached hydrogens (tertiary/aromatic N) is 3. The lowest BCUT2D eigenvalue weighted by atomic mass is 9.79. The molecule has 0 spiro atoms. The number of amides is 1. The Morgan fingerprint density at radius 3 is 2.62 bits per heavy atom. The van der Waals surface area contributed by atoms with E-state index in [9.17, 15) is 14.9 Å². The summed E-state index contributed by atoms with van der Waals surface area (Å²) in [7, 11) is 0. The molecular weight excluding hydrogens is 334 g/mol. The van der Waals surface area contributed by atoms with Gasteiger partial charge in [-0.3, -0.25) is 14.6 Å². The molecule has 0 radical (unpaired) electrons. The normalized spacial score (nSPS) is 22.3. The Labute approximate surface area is 149 Å². The molecule has 0 aliphatic carbocycles. The quantitative estimate of drug-likeness (QED) is 0.829. The minimum absolute atomic E-state index is 0.223. The van der Waals surface area contributed by atoms with Crippen molar-refractivity contribution in [2.24, 2.45) is 5.92 Å². The van der Waals surface area contributed by atoms with Gasteiger partial charge < -0.3 is 15.0 Å². The molecule has 26 heavy (non-hydrogen) atoms. The van der Waals surface area contributed by atoms with Gasteiger partial charge in [0.25, 0.3) is 5.56 Å². The maximum absolute atomic E-state index is 12.9. The fraction of sp³-hybridized carbons (Fsp3) is 0.333. The lowest BCUT2D eigenvalue weighted by molar-refractivity contribution is -0.119. The van der Waals surface area contributed by atoms with E-state index in [1.165, 1.54) is 0 Å². The summed E-state index contributed by atoms with van der Waals surface area (Å²) in [5.74, 6) is -1.46. The Morgan fingerprint density at radius 2 is 1.92 bits per heavy atom. The van der Waals surface area contributed by atoms with Crippen LogP contribution >= 0.6 is 0 Å². The average Bonchev–Trinajstić information content (AvgIpc) is 2.68. The van der Waals surface area contributed by atoms with Crippen molar-refractivity contribution < 1.29 is 9.53 Å². The van der Waals surface area contributed by atoms with Gasteiger partial charge in [0.1, 0.15) is 11.7 Å². The van der Waals surface area contributed by atoms with E-state index in [2.05, 4.69) is 15.3 Å². The number of carbonyl (C=O) groups is 1. The smallest absolute Gasteiger partial charge is 0.258 e. The third-order valence-corrected chi connectivity index (χ3v) is 4.72. The molecule has 1 fully saturated rings. The summed E-state index contributed by atoms with van der Waals surface area (Å²) >= 11 is 0. The molecule has 2 aliphatic rings. The highest BCUT2D eigenvalue weighted by atomic mass is 16.5. The Morgan fingerprint density at radius 1 is 1.19 bits per heavy atom. The summed E-state index contributed by atoms with van der Waals surface area (Å²) in [6.45, 7) is 2.32. The number of ether oxygens (including phenoxy) is 1. The molecule has 2 aliphatic heterocycles. The standard InChI is InChI=1S/C18H17N5O3/c19-10-12-13(11-4-2-1-3-5-11)14-15(20-16(12)24)21-18(22-17(14)25)23-6-8-26-9-7-23/h1-5,12-13H,6-9H2,(H2,20,21,22,24,25)/t12-,13-/m1/s1. The molecule has 0 bridgehead atoms. The number of aromatic amines is 1. The van der Waals surface area contributed by atoms with E-state index in [-0.39, 0.29) is 11.4 Å². The molecule has 8 heteroatoms. The summed E-state index contributed by atoms with van der Waals surface area (Å²) in [6.07, 6.45) is 0. The molecule has 2 N–H and O–H groups in total. The van der Waals surface area contributed by atoms with Crippen molar-refractivity contribution in [3.63, 3.8) is 0 Å². The number of hydrogen-bond acceptors (Lipinski definition) is 6. The van der Waals surface area contributed by atoms with Gasteiger partial charge in [-0.15, -0.1) is 0 Å². The molecule has 2 aromatic rings. The van der Waals surface area contributed by atoms with Crippen LogP contribution in [0.3, 0.4) is 0 Å². The highest BCUT2D eigenvalue weighted by molar-refractivity contribution is 5.97. The zero-order valence-corrected chi connectivity index (χ0v) is 13.9. The molecule has 3 heterocycles. The molecule has 0 saturated carbocycles. The number of nitriles is 1. The van der Waals surface area contributed by atoms with Crippen molar-refractivity contribution in [3.05, 3.63) is 51.8 Å². The molecule has 132 valence electrons. The molecule has 8 nitrogen and oxygen atoms in total. The Balaban J connectivity index is 1.84. The number of fused-ring (bicyclic) bond motifs is 1. The topological polar surface area (TPSA) is 111 Å². The van der Waals surface area contributed by atoms with Crippen LogP contribution in [0, 0.1) is 17.2 Å². The predicted octanol–water partition coefficient (Wildman–Crippen LogP) is 0.830. The number of hydrogen-bond donors (Lipinski definition) is 2. The number of anilines is 2. The largest absolute Gasteiger partial charge is 0.378 e. The summed E-state index contributed by atoms with van der Waals surface area (Å²) < 4.78 is 5.32. The highest BCUT2D eigenvalue weighted by Crippen LogP contribution is 2.37. The van der Waals surface area contributed by atoms with Crippen LogP contribution in [0.4, 0.5) is 11.8 Å². The van der Waals surface area contributed by atoms with Gasteiger partial charge in [-0.2, -0.15) is 10.2 Å². The van der Waals surface area contributed by atoms with Gasteiger partial charge in [0.15, 0.2) is 0 Å². The third kappa shape index (κ3) is 2.72. The first-order valence-corrected chi connectivity index (χ1v) is 8.41.